The minimum absolute atomic E-state index is 0.0745. The molecular formula is C13H18N2O3S. The highest BCUT2D eigenvalue weighted by Gasteiger charge is 2.16. The molecular weight excluding hydrogens is 264 g/mol. The summed E-state index contributed by atoms with van der Waals surface area (Å²) in [5.74, 6) is -0.666. The number of nitrogens with one attached hydrogen (secondary N) is 2. The first-order valence-corrected chi connectivity index (χ1v) is 6.70. The number of carbonyl (C=O) groups is 3. The van der Waals surface area contributed by atoms with E-state index in [-0.39, 0.29) is 29.7 Å². The van der Waals surface area contributed by atoms with Crippen molar-refractivity contribution in [1.29, 1.82) is 0 Å². The van der Waals surface area contributed by atoms with Gasteiger partial charge in [-0.15, -0.1) is 11.3 Å². The number of thiophene rings is 1. The molecule has 1 aromatic rings. The van der Waals surface area contributed by atoms with Crippen LogP contribution in [-0.4, -0.2) is 29.7 Å². The van der Waals surface area contributed by atoms with Crippen LogP contribution in [0.2, 0.25) is 0 Å². The van der Waals surface area contributed by atoms with E-state index in [1.807, 2.05) is 20.8 Å². The number of hydrogen-bond acceptors (Lipinski definition) is 4. The molecule has 0 saturated carbocycles. The number of rotatable bonds is 4. The largest absolute Gasteiger partial charge is 0.350 e. The molecule has 0 aliphatic rings. The Hall–Kier alpha value is -1.69. The van der Waals surface area contributed by atoms with Crippen LogP contribution in [0.1, 0.15) is 47.0 Å². The van der Waals surface area contributed by atoms with Crippen molar-refractivity contribution in [2.45, 2.75) is 33.2 Å². The summed E-state index contributed by atoms with van der Waals surface area (Å²) in [4.78, 5) is 35.4. The van der Waals surface area contributed by atoms with Gasteiger partial charge in [0, 0.05) is 5.54 Å². The van der Waals surface area contributed by atoms with Gasteiger partial charge in [0.25, 0.3) is 5.91 Å². The summed E-state index contributed by atoms with van der Waals surface area (Å²) in [6, 6.07) is 3.19. The van der Waals surface area contributed by atoms with Crippen molar-refractivity contribution < 1.29 is 14.4 Å². The fourth-order valence-electron chi connectivity index (χ4n) is 1.36. The Morgan fingerprint density at radius 2 is 1.74 bits per heavy atom. The van der Waals surface area contributed by atoms with Crippen LogP contribution in [0.5, 0.6) is 0 Å². The second kappa shape index (κ2) is 5.97. The van der Waals surface area contributed by atoms with Gasteiger partial charge < -0.3 is 10.6 Å². The van der Waals surface area contributed by atoms with E-state index in [1.165, 1.54) is 6.92 Å². The van der Waals surface area contributed by atoms with Gasteiger partial charge in [-0.3, -0.25) is 14.4 Å². The lowest BCUT2D eigenvalue weighted by molar-refractivity contribution is -0.121. The first-order chi connectivity index (χ1) is 8.69. The number of amides is 2. The molecule has 19 heavy (non-hydrogen) atoms. The summed E-state index contributed by atoms with van der Waals surface area (Å²) in [7, 11) is 0. The molecule has 0 fully saturated rings. The van der Waals surface area contributed by atoms with Gasteiger partial charge in [0.15, 0.2) is 5.78 Å². The molecule has 6 heteroatoms. The van der Waals surface area contributed by atoms with E-state index in [2.05, 4.69) is 10.6 Å². The monoisotopic (exact) mass is 282 g/mol. The molecule has 5 nitrogen and oxygen atoms in total. The van der Waals surface area contributed by atoms with Gasteiger partial charge in [-0.05, 0) is 39.8 Å². The maximum atomic E-state index is 11.8. The van der Waals surface area contributed by atoms with Crippen molar-refractivity contribution >= 4 is 28.9 Å². The highest BCUT2D eigenvalue weighted by Crippen LogP contribution is 2.16. The van der Waals surface area contributed by atoms with Crippen LogP contribution in [0.15, 0.2) is 12.1 Å². The lowest BCUT2D eigenvalue weighted by Crippen LogP contribution is -2.45. The average molecular weight is 282 g/mol. The third-order valence-corrected chi connectivity index (χ3v) is 3.29. The zero-order valence-corrected chi connectivity index (χ0v) is 12.3. The van der Waals surface area contributed by atoms with Crippen LogP contribution in [0.3, 0.4) is 0 Å². The summed E-state index contributed by atoms with van der Waals surface area (Å²) in [6.45, 7) is 6.97. The van der Waals surface area contributed by atoms with Crippen LogP contribution in [-0.2, 0) is 4.79 Å². The van der Waals surface area contributed by atoms with Crippen molar-refractivity contribution in [3.8, 4) is 0 Å². The molecule has 0 aliphatic heterocycles. The van der Waals surface area contributed by atoms with E-state index in [1.54, 1.807) is 12.1 Å². The van der Waals surface area contributed by atoms with Gasteiger partial charge in [0.2, 0.25) is 5.91 Å². The molecule has 1 heterocycles. The van der Waals surface area contributed by atoms with Crippen LogP contribution < -0.4 is 10.6 Å². The van der Waals surface area contributed by atoms with Crippen LogP contribution in [0.4, 0.5) is 0 Å². The second-order valence-corrected chi connectivity index (χ2v) is 6.28. The summed E-state index contributed by atoms with van der Waals surface area (Å²) in [5.41, 5.74) is -0.327. The zero-order chi connectivity index (χ0) is 14.6. The smallest absolute Gasteiger partial charge is 0.261 e. The van der Waals surface area contributed by atoms with Crippen LogP contribution >= 0.6 is 11.3 Å². The molecule has 1 aromatic heterocycles. The van der Waals surface area contributed by atoms with Crippen molar-refractivity contribution in [2.24, 2.45) is 0 Å². The lowest BCUT2D eigenvalue weighted by Gasteiger charge is -2.20. The Kier molecular flexibility index (Phi) is 4.83. The van der Waals surface area contributed by atoms with Crippen molar-refractivity contribution in [1.82, 2.24) is 10.6 Å². The van der Waals surface area contributed by atoms with Gasteiger partial charge in [-0.2, -0.15) is 0 Å². The summed E-state index contributed by atoms with van der Waals surface area (Å²) in [6.07, 6.45) is 0. The molecule has 104 valence electrons. The predicted molar refractivity (Wildman–Crippen MR) is 74.6 cm³/mol. The molecule has 0 saturated heterocycles. The second-order valence-electron chi connectivity index (χ2n) is 5.20. The van der Waals surface area contributed by atoms with Crippen molar-refractivity contribution in [2.75, 3.05) is 6.54 Å². The van der Waals surface area contributed by atoms with Crippen molar-refractivity contribution in [3.63, 3.8) is 0 Å². The Morgan fingerprint density at radius 3 is 2.21 bits per heavy atom. The van der Waals surface area contributed by atoms with E-state index < -0.39 is 0 Å². The maximum absolute atomic E-state index is 11.8. The Bertz CT molecular complexity index is 500. The SMILES string of the molecule is CC(=O)c1ccc(C(=O)NCC(=O)NC(C)(C)C)s1. The average Bonchev–Trinajstić information content (AvgIpc) is 2.72. The molecule has 2 amide bonds. The van der Waals surface area contributed by atoms with Crippen LogP contribution in [0, 0.1) is 0 Å². The number of carbonyl (C=O) groups excluding carboxylic acids is 3. The standard InChI is InChI=1S/C13H18N2O3S/c1-8(16)9-5-6-10(19-9)12(18)14-7-11(17)15-13(2,3)4/h5-6H,7H2,1-4H3,(H,14,18)(H,15,17). The molecule has 0 radical (unpaired) electrons. The van der Waals surface area contributed by atoms with Gasteiger partial charge in [0.1, 0.15) is 0 Å². The maximum Gasteiger partial charge on any atom is 0.261 e. The molecule has 2 N–H and O–H groups in total. The highest BCUT2D eigenvalue weighted by atomic mass is 32.1. The summed E-state index contributed by atoms with van der Waals surface area (Å²) in [5, 5.41) is 5.27. The van der Waals surface area contributed by atoms with Gasteiger partial charge >= 0.3 is 0 Å². The molecule has 0 aliphatic carbocycles. The minimum Gasteiger partial charge on any atom is -0.350 e. The first-order valence-electron chi connectivity index (χ1n) is 5.89. The Labute approximate surface area is 116 Å². The Balaban J connectivity index is 2.51. The van der Waals surface area contributed by atoms with E-state index in [0.717, 1.165) is 11.3 Å². The van der Waals surface area contributed by atoms with E-state index in [4.69, 9.17) is 0 Å². The molecule has 0 atom stereocenters. The first kappa shape index (κ1) is 15.4. The predicted octanol–water partition coefficient (Wildman–Crippen LogP) is 1.60. The Morgan fingerprint density at radius 1 is 1.16 bits per heavy atom. The minimum atomic E-state index is -0.346. The van der Waals surface area contributed by atoms with E-state index in [9.17, 15) is 14.4 Å². The summed E-state index contributed by atoms with van der Waals surface area (Å²) < 4.78 is 0. The zero-order valence-electron chi connectivity index (χ0n) is 11.5. The molecule has 0 spiro atoms. The lowest BCUT2D eigenvalue weighted by atomic mass is 10.1. The normalized spacial score (nSPS) is 10.9. The number of ketones is 1. The molecule has 0 aromatic carbocycles. The van der Waals surface area contributed by atoms with Gasteiger partial charge in [0.05, 0.1) is 16.3 Å². The molecule has 1 rings (SSSR count). The van der Waals surface area contributed by atoms with Gasteiger partial charge in [-0.1, -0.05) is 0 Å². The van der Waals surface area contributed by atoms with E-state index in [0.29, 0.717) is 9.75 Å². The number of hydrogen-bond donors (Lipinski definition) is 2. The summed E-state index contributed by atoms with van der Waals surface area (Å²) >= 11 is 1.12. The van der Waals surface area contributed by atoms with Crippen molar-refractivity contribution in [3.05, 3.63) is 21.9 Å². The van der Waals surface area contributed by atoms with Crippen LogP contribution in [0.25, 0.3) is 0 Å². The molecule has 0 bridgehead atoms. The van der Waals surface area contributed by atoms with Gasteiger partial charge in [-0.25, -0.2) is 0 Å². The third-order valence-electron chi connectivity index (χ3n) is 2.10. The number of Topliss-reactive ketones (excluding diaryl/α,β-unsaturated/α-hetero) is 1. The fourth-order valence-corrected chi connectivity index (χ4v) is 2.18. The molecule has 0 unspecified atom stereocenters. The third kappa shape index (κ3) is 5.21. The highest BCUT2D eigenvalue weighted by molar-refractivity contribution is 7.15. The van der Waals surface area contributed by atoms with E-state index >= 15 is 0 Å². The fraction of sp³-hybridized carbons (Fsp3) is 0.462. The topological polar surface area (TPSA) is 75.3 Å². The quantitative estimate of drug-likeness (QED) is 0.824.